The van der Waals surface area contributed by atoms with Gasteiger partial charge >= 0.3 is 5.97 Å². The van der Waals surface area contributed by atoms with Crippen molar-refractivity contribution in [2.75, 3.05) is 19.7 Å². The Morgan fingerprint density at radius 1 is 1.40 bits per heavy atom. The molecule has 0 unspecified atom stereocenters. The van der Waals surface area contributed by atoms with E-state index in [0.717, 1.165) is 9.37 Å². The summed E-state index contributed by atoms with van der Waals surface area (Å²) >= 11 is 6.63. The first kappa shape index (κ1) is 16.7. The van der Waals surface area contributed by atoms with Gasteiger partial charge in [0.2, 0.25) is 0 Å². The summed E-state index contributed by atoms with van der Waals surface area (Å²) in [6.45, 7) is 3.04. The van der Waals surface area contributed by atoms with E-state index in [2.05, 4.69) is 38.4 Å². The molecule has 0 fully saturated rings. The molecular formula is C13H13Br2NO4. The standard InChI is InChI=1S/C13H13Br2NO4/c1-2-5-16(7-13(18)19)12(17)8-20-11-4-3-9(14)6-10(11)15/h2-4,6H,1,5,7-8H2,(H,18,19). The van der Waals surface area contributed by atoms with Crippen molar-refractivity contribution in [3.05, 3.63) is 39.8 Å². The third-order valence-corrected chi connectivity index (χ3v) is 3.39. The molecule has 5 nitrogen and oxygen atoms in total. The lowest BCUT2D eigenvalue weighted by Crippen LogP contribution is -2.38. The molecule has 108 valence electrons. The minimum atomic E-state index is -1.08. The topological polar surface area (TPSA) is 66.8 Å². The molecule has 1 amide bonds. The second-order valence-corrected chi connectivity index (χ2v) is 5.59. The number of rotatable bonds is 7. The van der Waals surface area contributed by atoms with E-state index in [4.69, 9.17) is 9.84 Å². The zero-order chi connectivity index (χ0) is 15.1. The van der Waals surface area contributed by atoms with Gasteiger partial charge in [-0.25, -0.2) is 0 Å². The molecule has 1 aromatic rings. The number of carbonyl (C=O) groups excluding carboxylic acids is 1. The molecule has 1 aromatic carbocycles. The smallest absolute Gasteiger partial charge is 0.323 e. The fraction of sp³-hybridized carbons (Fsp3) is 0.231. The van der Waals surface area contributed by atoms with Gasteiger partial charge in [-0.1, -0.05) is 22.0 Å². The average Bonchev–Trinajstić information content (AvgIpc) is 2.36. The van der Waals surface area contributed by atoms with Crippen LogP contribution in [0.4, 0.5) is 0 Å². The van der Waals surface area contributed by atoms with Crippen molar-refractivity contribution in [3.8, 4) is 5.75 Å². The lowest BCUT2D eigenvalue weighted by molar-refractivity contribution is -0.144. The highest BCUT2D eigenvalue weighted by molar-refractivity contribution is 9.11. The summed E-state index contributed by atoms with van der Waals surface area (Å²) in [7, 11) is 0. The Hall–Kier alpha value is -1.34. The van der Waals surface area contributed by atoms with Crippen LogP contribution >= 0.6 is 31.9 Å². The molecule has 0 spiro atoms. The van der Waals surface area contributed by atoms with E-state index >= 15 is 0 Å². The SMILES string of the molecule is C=CCN(CC(=O)O)C(=O)COc1ccc(Br)cc1Br. The number of amides is 1. The summed E-state index contributed by atoms with van der Waals surface area (Å²) in [5.41, 5.74) is 0. The molecule has 0 aliphatic heterocycles. The van der Waals surface area contributed by atoms with E-state index in [1.165, 1.54) is 6.08 Å². The normalized spacial score (nSPS) is 9.90. The number of ether oxygens (including phenoxy) is 1. The van der Waals surface area contributed by atoms with E-state index in [0.29, 0.717) is 10.2 Å². The number of halogens is 2. The Morgan fingerprint density at radius 2 is 2.10 bits per heavy atom. The van der Waals surface area contributed by atoms with Crippen molar-refractivity contribution in [2.45, 2.75) is 0 Å². The van der Waals surface area contributed by atoms with Crippen molar-refractivity contribution in [3.63, 3.8) is 0 Å². The molecule has 0 saturated heterocycles. The Morgan fingerprint density at radius 3 is 2.65 bits per heavy atom. The van der Waals surface area contributed by atoms with Crippen LogP contribution in [0.15, 0.2) is 39.8 Å². The van der Waals surface area contributed by atoms with Gasteiger partial charge in [0.25, 0.3) is 5.91 Å². The van der Waals surface area contributed by atoms with Gasteiger partial charge in [0.1, 0.15) is 12.3 Å². The second kappa shape index (κ2) is 8.06. The van der Waals surface area contributed by atoms with E-state index in [9.17, 15) is 9.59 Å². The molecule has 20 heavy (non-hydrogen) atoms. The van der Waals surface area contributed by atoms with Crippen LogP contribution in [0.1, 0.15) is 0 Å². The Balaban J connectivity index is 2.64. The van der Waals surface area contributed by atoms with E-state index in [-0.39, 0.29) is 19.7 Å². The summed E-state index contributed by atoms with van der Waals surface area (Å²) < 4.78 is 6.96. The van der Waals surface area contributed by atoms with Crippen LogP contribution in [0.2, 0.25) is 0 Å². The van der Waals surface area contributed by atoms with Gasteiger partial charge < -0.3 is 14.7 Å². The van der Waals surface area contributed by atoms with Gasteiger partial charge in [-0.2, -0.15) is 0 Å². The fourth-order valence-corrected chi connectivity index (χ4v) is 2.56. The lowest BCUT2D eigenvalue weighted by Gasteiger charge is -2.19. The molecule has 0 radical (unpaired) electrons. The van der Waals surface area contributed by atoms with Crippen LogP contribution in [-0.2, 0) is 9.59 Å². The maximum atomic E-state index is 11.9. The Bertz CT molecular complexity index is 519. The summed E-state index contributed by atoms with van der Waals surface area (Å²) in [6.07, 6.45) is 1.47. The molecule has 1 N–H and O–H groups in total. The highest BCUT2D eigenvalue weighted by Crippen LogP contribution is 2.28. The van der Waals surface area contributed by atoms with E-state index in [1.54, 1.807) is 18.2 Å². The number of hydrogen-bond donors (Lipinski definition) is 1. The summed E-state index contributed by atoms with van der Waals surface area (Å²) in [4.78, 5) is 23.7. The maximum absolute atomic E-state index is 11.9. The monoisotopic (exact) mass is 405 g/mol. The van der Waals surface area contributed by atoms with Crippen molar-refractivity contribution in [1.29, 1.82) is 0 Å². The predicted molar refractivity (Wildman–Crippen MR) is 81.7 cm³/mol. The first-order chi connectivity index (χ1) is 9.43. The molecule has 1 rings (SSSR count). The predicted octanol–water partition coefficient (Wildman–Crippen LogP) is 2.69. The maximum Gasteiger partial charge on any atom is 0.323 e. The first-order valence-corrected chi connectivity index (χ1v) is 7.21. The van der Waals surface area contributed by atoms with Crippen LogP contribution in [0.5, 0.6) is 5.75 Å². The van der Waals surface area contributed by atoms with Crippen molar-refractivity contribution < 1.29 is 19.4 Å². The number of hydrogen-bond acceptors (Lipinski definition) is 3. The molecule has 0 heterocycles. The number of aliphatic carboxylic acids is 1. The molecule has 0 bridgehead atoms. The average molecular weight is 407 g/mol. The van der Waals surface area contributed by atoms with Crippen molar-refractivity contribution >= 4 is 43.7 Å². The van der Waals surface area contributed by atoms with Crippen molar-refractivity contribution in [2.24, 2.45) is 0 Å². The van der Waals surface area contributed by atoms with Gasteiger partial charge in [-0.05, 0) is 34.1 Å². The van der Waals surface area contributed by atoms with Crippen LogP contribution < -0.4 is 4.74 Å². The van der Waals surface area contributed by atoms with Crippen LogP contribution in [0.25, 0.3) is 0 Å². The highest BCUT2D eigenvalue weighted by atomic mass is 79.9. The number of carboxylic acid groups (broad SMARTS) is 1. The summed E-state index contributed by atoms with van der Waals surface area (Å²) in [6, 6.07) is 5.28. The first-order valence-electron chi connectivity index (χ1n) is 5.62. The lowest BCUT2D eigenvalue weighted by atomic mass is 10.3. The molecule has 0 aromatic heterocycles. The molecular weight excluding hydrogens is 394 g/mol. The minimum Gasteiger partial charge on any atom is -0.483 e. The van der Waals surface area contributed by atoms with Crippen LogP contribution in [0.3, 0.4) is 0 Å². The van der Waals surface area contributed by atoms with Gasteiger partial charge in [0.05, 0.1) is 4.47 Å². The Labute approximate surface area is 133 Å². The quantitative estimate of drug-likeness (QED) is 0.707. The van der Waals surface area contributed by atoms with Crippen LogP contribution in [-0.4, -0.2) is 41.6 Å². The molecule has 0 saturated carbocycles. The van der Waals surface area contributed by atoms with Gasteiger partial charge in [0, 0.05) is 11.0 Å². The zero-order valence-electron chi connectivity index (χ0n) is 10.5. The third kappa shape index (κ3) is 5.34. The van der Waals surface area contributed by atoms with Gasteiger partial charge in [0.15, 0.2) is 6.61 Å². The molecule has 0 aliphatic carbocycles. The third-order valence-electron chi connectivity index (χ3n) is 2.27. The van der Waals surface area contributed by atoms with Gasteiger partial charge in [-0.15, -0.1) is 6.58 Å². The molecule has 7 heteroatoms. The summed E-state index contributed by atoms with van der Waals surface area (Å²) in [5.74, 6) is -0.984. The number of carboxylic acids is 1. The highest BCUT2D eigenvalue weighted by Gasteiger charge is 2.16. The second-order valence-electron chi connectivity index (χ2n) is 3.82. The number of benzene rings is 1. The molecule has 0 atom stereocenters. The number of carbonyl (C=O) groups is 2. The Kier molecular flexibility index (Phi) is 6.74. The fourth-order valence-electron chi connectivity index (χ4n) is 1.40. The van der Waals surface area contributed by atoms with E-state index in [1.807, 2.05) is 0 Å². The molecule has 0 aliphatic rings. The van der Waals surface area contributed by atoms with Crippen molar-refractivity contribution in [1.82, 2.24) is 4.90 Å². The number of nitrogens with zero attached hydrogens (tertiary/aromatic N) is 1. The minimum absolute atomic E-state index is 0.163. The van der Waals surface area contributed by atoms with Crippen LogP contribution in [0, 0.1) is 0 Å². The van der Waals surface area contributed by atoms with E-state index < -0.39 is 11.9 Å². The van der Waals surface area contributed by atoms with Gasteiger partial charge in [-0.3, -0.25) is 9.59 Å². The summed E-state index contributed by atoms with van der Waals surface area (Å²) in [5, 5.41) is 8.74. The largest absolute Gasteiger partial charge is 0.483 e. The zero-order valence-corrected chi connectivity index (χ0v) is 13.7.